The molecule has 0 heterocycles. The molecule has 3 aliphatic carbocycles. The molecule has 3 aliphatic rings. The zero-order valence-corrected chi connectivity index (χ0v) is 25.1. The molecule has 0 spiro atoms. The van der Waals surface area contributed by atoms with Crippen LogP contribution in [0.3, 0.4) is 0 Å². The van der Waals surface area contributed by atoms with Crippen LogP contribution in [0, 0.1) is 107 Å². The molecule has 0 aliphatic heterocycles. The predicted molar refractivity (Wildman–Crippen MR) is 123 cm³/mol. The molecule has 0 aromatic heterocycles. The molecule has 0 N–H and O–H groups in total. The van der Waals surface area contributed by atoms with Gasteiger partial charge in [-0.25, -0.2) is 0 Å². The third kappa shape index (κ3) is 7.71. The first kappa shape index (κ1) is 29.2. The van der Waals surface area contributed by atoms with Crippen molar-refractivity contribution in [2.24, 2.45) is 59.2 Å². The van der Waals surface area contributed by atoms with E-state index >= 15 is 0 Å². The van der Waals surface area contributed by atoms with Crippen LogP contribution in [0.4, 0.5) is 0 Å². The zero-order chi connectivity index (χ0) is 21.0. The van der Waals surface area contributed by atoms with Gasteiger partial charge in [0.2, 0.25) is 0 Å². The molecular weight excluding hydrogens is 463 g/mol. The van der Waals surface area contributed by atoms with Crippen LogP contribution in [0.1, 0.15) is 102 Å². The molecule has 3 saturated carbocycles. The van der Waals surface area contributed by atoms with Gasteiger partial charge in [0.05, 0.1) is 0 Å². The summed E-state index contributed by atoms with van der Waals surface area (Å²) in [6.07, 6.45) is 4.22. The molecule has 10 unspecified atom stereocenters. The van der Waals surface area contributed by atoms with Crippen molar-refractivity contribution in [3.8, 4) is 0 Å². The molecule has 0 aromatic carbocycles. The van der Waals surface area contributed by atoms with Gasteiger partial charge in [0.25, 0.3) is 0 Å². The summed E-state index contributed by atoms with van der Waals surface area (Å²) < 4.78 is 0. The molecule has 0 aromatic rings. The van der Waals surface area contributed by atoms with Crippen molar-refractivity contribution in [2.75, 3.05) is 0 Å². The fourth-order valence-corrected chi connectivity index (χ4v) is 5.74. The molecule has 3 radical (unpaired) electrons. The van der Waals surface area contributed by atoms with E-state index in [0.717, 1.165) is 59.2 Å². The van der Waals surface area contributed by atoms with Crippen LogP contribution < -0.4 is 0 Å². The van der Waals surface area contributed by atoms with E-state index in [1.54, 1.807) is 11.8 Å². The second kappa shape index (κ2) is 12.9. The molecular formula is C27H52La. The molecule has 10 atom stereocenters. The van der Waals surface area contributed by atoms with Gasteiger partial charge in [0, 0.05) is 35.6 Å². The average molecular weight is 516 g/mol. The number of rotatable bonds is 0. The maximum atomic E-state index is 2.39. The summed E-state index contributed by atoms with van der Waals surface area (Å²) in [6.45, 7) is 28.3. The third-order valence-electron chi connectivity index (χ3n) is 9.57. The Hall–Kier alpha value is 1.19. The molecule has 28 heavy (non-hydrogen) atoms. The molecule has 1 heteroatoms. The van der Waals surface area contributed by atoms with Gasteiger partial charge in [0.1, 0.15) is 0 Å². The van der Waals surface area contributed by atoms with Crippen LogP contribution >= 0.6 is 0 Å². The Morgan fingerprint density at radius 2 is 0.786 bits per heavy atom. The second-order valence-electron chi connectivity index (χ2n) is 11.3. The standard InChI is InChI=1S/2C9H18.C9H16.La/c3*1-6-5-7(2)9(4)8(6)3;/h2*6-9H,5H2,1-4H3;6,8H,5H2,1-4H3;. The monoisotopic (exact) mass is 515 g/mol. The van der Waals surface area contributed by atoms with Crippen molar-refractivity contribution in [1.29, 1.82) is 0 Å². The first-order chi connectivity index (χ1) is 12.4. The summed E-state index contributed by atoms with van der Waals surface area (Å²) in [4.78, 5) is 0. The van der Waals surface area contributed by atoms with Crippen LogP contribution in [-0.2, 0) is 0 Å². The smallest absolute Gasteiger partial charge is 0 e. The SMILES string of the molecule is CC1CC(C)C(C)C1C.CC1CC(C)C(C)C1C.C[C]1CC(C)C(C)[C]1C.[La]. The normalized spacial score (nSPS) is 46.3. The van der Waals surface area contributed by atoms with E-state index in [2.05, 4.69) is 83.1 Å². The predicted octanol–water partition coefficient (Wildman–Crippen LogP) is 8.72. The quantitative estimate of drug-likeness (QED) is 0.303. The fourth-order valence-electron chi connectivity index (χ4n) is 5.74. The van der Waals surface area contributed by atoms with Crippen LogP contribution in [0.5, 0.6) is 0 Å². The number of hydrogen-bond donors (Lipinski definition) is 0. The van der Waals surface area contributed by atoms with Crippen molar-refractivity contribution >= 4 is 0 Å². The maximum absolute atomic E-state index is 2.39. The van der Waals surface area contributed by atoms with Gasteiger partial charge in [-0.3, -0.25) is 0 Å². The Kier molecular flexibility index (Phi) is 13.5. The maximum Gasteiger partial charge on any atom is 0 e. The molecule has 163 valence electrons. The average Bonchev–Trinajstić information content (AvgIpc) is 3.07. The van der Waals surface area contributed by atoms with Gasteiger partial charge in [-0.1, -0.05) is 83.1 Å². The van der Waals surface area contributed by atoms with Gasteiger partial charge >= 0.3 is 0 Å². The largest absolute Gasteiger partial charge is 0.0622 e. The Labute approximate surface area is 207 Å². The topological polar surface area (TPSA) is 0 Å². The summed E-state index contributed by atoms with van der Waals surface area (Å²) in [5.41, 5.74) is 0. The van der Waals surface area contributed by atoms with Crippen LogP contribution in [0.2, 0.25) is 0 Å². The van der Waals surface area contributed by atoms with Crippen molar-refractivity contribution < 1.29 is 35.6 Å². The molecule has 3 fully saturated rings. The number of hydrogen-bond acceptors (Lipinski definition) is 0. The van der Waals surface area contributed by atoms with E-state index in [0.29, 0.717) is 0 Å². The van der Waals surface area contributed by atoms with Crippen molar-refractivity contribution in [3.63, 3.8) is 0 Å². The minimum absolute atomic E-state index is 0. The summed E-state index contributed by atoms with van der Waals surface area (Å²) in [7, 11) is 0. The molecule has 0 nitrogen and oxygen atoms in total. The molecule has 0 bridgehead atoms. The van der Waals surface area contributed by atoms with E-state index in [1.165, 1.54) is 19.3 Å². The molecule has 3 rings (SSSR count). The van der Waals surface area contributed by atoms with Crippen molar-refractivity contribution in [3.05, 3.63) is 11.8 Å². The van der Waals surface area contributed by atoms with E-state index in [1.807, 2.05) is 0 Å². The Morgan fingerprint density at radius 3 is 0.857 bits per heavy atom. The van der Waals surface area contributed by atoms with E-state index in [-0.39, 0.29) is 35.6 Å². The Morgan fingerprint density at radius 1 is 0.500 bits per heavy atom. The Balaban J connectivity index is 0.000000384. The van der Waals surface area contributed by atoms with Gasteiger partial charge in [-0.2, -0.15) is 0 Å². The summed E-state index contributed by atoms with van der Waals surface area (Å²) in [5, 5.41) is 0. The fraction of sp³-hybridized carbons (Fsp3) is 0.926. The first-order valence-electron chi connectivity index (χ1n) is 12.0. The van der Waals surface area contributed by atoms with Crippen molar-refractivity contribution in [2.45, 2.75) is 102 Å². The summed E-state index contributed by atoms with van der Waals surface area (Å²) in [6, 6.07) is 0. The van der Waals surface area contributed by atoms with Gasteiger partial charge < -0.3 is 0 Å². The van der Waals surface area contributed by atoms with E-state index in [4.69, 9.17) is 0 Å². The molecule has 0 saturated heterocycles. The first-order valence-corrected chi connectivity index (χ1v) is 12.0. The van der Waals surface area contributed by atoms with Crippen LogP contribution in [0.25, 0.3) is 0 Å². The van der Waals surface area contributed by atoms with Gasteiger partial charge in [-0.05, 0) is 90.3 Å². The van der Waals surface area contributed by atoms with Crippen LogP contribution in [0.15, 0.2) is 0 Å². The van der Waals surface area contributed by atoms with Gasteiger partial charge in [0.15, 0.2) is 0 Å². The van der Waals surface area contributed by atoms with E-state index < -0.39 is 0 Å². The summed E-state index contributed by atoms with van der Waals surface area (Å²) in [5.74, 6) is 12.7. The minimum Gasteiger partial charge on any atom is -0.0622 e. The zero-order valence-electron chi connectivity index (χ0n) is 21.5. The second-order valence-corrected chi connectivity index (χ2v) is 11.3. The summed E-state index contributed by atoms with van der Waals surface area (Å²) >= 11 is 0. The third-order valence-corrected chi connectivity index (χ3v) is 9.57. The molecule has 0 amide bonds. The minimum atomic E-state index is 0. The van der Waals surface area contributed by atoms with Gasteiger partial charge in [-0.15, -0.1) is 0 Å². The van der Waals surface area contributed by atoms with E-state index in [9.17, 15) is 0 Å². The van der Waals surface area contributed by atoms with Crippen LogP contribution in [-0.4, -0.2) is 0 Å². The Bertz CT molecular complexity index is 321. The van der Waals surface area contributed by atoms with Crippen molar-refractivity contribution in [1.82, 2.24) is 0 Å².